The molecule has 6 heterocycles. The molecule has 0 aliphatic carbocycles. The Hall–Kier alpha value is -6.36. The number of imidazole rings is 2. The van der Waals surface area contributed by atoms with Crippen LogP contribution in [0.2, 0.25) is 0 Å². The number of Topliss-reactive ketones (excluding diaryl/α,β-unsaturated/α-hetero) is 2. The predicted octanol–water partition coefficient (Wildman–Crippen LogP) is -2.05. The number of hydrogen-bond acceptors (Lipinski definition) is 42. The second-order valence-corrected chi connectivity index (χ2v) is 40.0. The van der Waals surface area contributed by atoms with Gasteiger partial charge in [-0.25, -0.2) is 38.5 Å². The lowest BCUT2D eigenvalue weighted by atomic mass is 9.81. The van der Waals surface area contributed by atoms with Crippen LogP contribution in [-0.2, 0) is 114 Å². The molecule has 2 saturated heterocycles. The highest BCUT2D eigenvalue weighted by atomic mass is 31.3. The van der Waals surface area contributed by atoms with Crippen LogP contribution in [-0.4, -0.2) is 196 Å². The number of aryl methyl sites for hydroxylation is 2. The van der Waals surface area contributed by atoms with E-state index in [1.54, 1.807) is 0 Å². The monoisotopic (exact) mass is 1830 g/mol. The number of hydrogen-bond donors (Lipinski definition) is 10. The number of carbonyl (C=O) groups excluding carboxylic acids is 6. The van der Waals surface area contributed by atoms with E-state index in [0.717, 1.165) is 85.8 Å². The van der Waals surface area contributed by atoms with Crippen LogP contribution in [0.15, 0.2) is 43.5 Å². The van der Waals surface area contributed by atoms with Crippen molar-refractivity contribution in [2.75, 3.05) is 64.1 Å². The van der Waals surface area contributed by atoms with Gasteiger partial charge in [0.05, 0.1) is 54.7 Å². The molecule has 680 valence electrons. The van der Waals surface area contributed by atoms with Gasteiger partial charge in [-0.1, -0.05) is 86.4 Å². The third kappa shape index (κ3) is 31.6. The number of unbranched alkanes of at least 4 members (excludes halogenated alkanes) is 2. The number of nitrogens with one attached hydrogen (secondary N) is 4. The van der Waals surface area contributed by atoms with Gasteiger partial charge < -0.3 is 138 Å². The van der Waals surface area contributed by atoms with Crippen LogP contribution < -0.4 is 71.9 Å². The molecule has 1 aromatic carbocycles. The van der Waals surface area contributed by atoms with Crippen molar-refractivity contribution in [3.63, 3.8) is 0 Å². The average molecular weight is 1830 g/mol. The third-order valence-electron chi connectivity index (χ3n) is 19.6. The van der Waals surface area contributed by atoms with Crippen LogP contribution in [0.3, 0.4) is 0 Å². The smallest absolute Gasteiger partial charge is 0.274 e. The number of nitrogens with two attached hydrogens (primary N) is 2. The van der Waals surface area contributed by atoms with Gasteiger partial charge in [0.25, 0.3) is 31.3 Å². The highest BCUT2D eigenvalue weighted by molar-refractivity contribution is 7.60. The average Bonchev–Trinajstić information content (AvgIpc) is 1.62. The molecule has 7 rings (SSSR count). The fraction of sp³-hybridized carbons (Fsp3) is 0.672. The van der Waals surface area contributed by atoms with E-state index in [4.69, 9.17) is 20.9 Å². The molecule has 48 nitrogen and oxygen atoms in total. The van der Waals surface area contributed by atoms with E-state index in [1.807, 2.05) is 33.8 Å². The van der Waals surface area contributed by atoms with Gasteiger partial charge in [0.1, 0.15) is 84.1 Å². The van der Waals surface area contributed by atoms with E-state index < -0.39 is 169 Å². The highest BCUT2D eigenvalue weighted by Crippen LogP contribution is 2.58. The molecule has 2 fully saturated rings. The van der Waals surface area contributed by atoms with E-state index in [0.29, 0.717) is 0 Å². The zero-order chi connectivity index (χ0) is 90.2. The number of nitrogens with zero attached hydrogens (tertiary/aromatic N) is 8. The minimum atomic E-state index is -5.99. The number of aliphatic hydroxyl groups is 4. The maximum Gasteiger partial charge on any atom is 0.274 e. The van der Waals surface area contributed by atoms with Crippen molar-refractivity contribution >= 4 is 116 Å². The zero-order valence-electron chi connectivity index (χ0n) is 67.3. The van der Waals surface area contributed by atoms with Gasteiger partial charge in [-0.05, 0) is 73.0 Å². The Labute approximate surface area is 693 Å². The van der Waals surface area contributed by atoms with Gasteiger partial charge in [0.2, 0.25) is 23.6 Å². The number of amides is 4. The molecule has 0 saturated carbocycles. The molecule has 14 unspecified atom stereocenters. The molecule has 0 bridgehead atoms. The Balaban J connectivity index is 0.703. The van der Waals surface area contributed by atoms with Crippen molar-refractivity contribution < 1.29 is 161 Å². The number of anilines is 2. The summed E-state index contributed by atoms with van der Waals surface area (Å²) in [6.07, 6.45) is -8.74. The van der Waals surface area contributed by atoms with Gasteiger partial charge in [0.15, 0.2) is 35.4 Å². The van der Waals surface area contributed by atoms with E-state index in [1.165, 1.54) is 44.4 Å². The Morgan fingerprint density at radius 1 is 0.512 bits per heavy atom. The van der Waals surface area contributed by atoms with Crippen molar-refractivity contribution in [2.24, 2.45) is 21.7 Å². The number of phosphoric ester groups is 6. The lowest BCUT2D eigenvalue weighted by molar-refractivity contribution is -0.348. The maximum absolute atomic E-state index is 13.1. The molecular formula is C67H100N14O34P6-8. The number of ketones is 2. The highest BCUT2D eigenvalue weighted by Gasteiger charge is 2.50. The number of fused-ring (bicyclic) bond motifs is 2. The third-order valence-corrected chi connectivity index (χ3v) is 25.6. The first-order valence-corrected chi connectivity index (χ1v) is 46.5. The summed E-state index contributed by atoms with van der Waals surface area (Å²) < 4.78 is 123. The Kier molecular flexibility index (Phi) is 35.9. The Bertz CT molecular complexity index is 4450. The van der Waals surface area contributed by atoms with E-state index >= 15 is 0 Å². The summed E-state index contributed by atoms with van der Waals surface area (Å²) in [6, 6.07) is 6.22. The summed E-state index contributed by atoms with van der Waals surface area (Å²) in [6.45, 7) is 9.46. The number of carbonyl (C=O) groups is 6. The van der Waals surface area contributed by atoms with Crippen molar-refractivity contribution in [2.45, 2.75) is 213 Å². The standard InChI is InChI=1S/C67H108N14O34P6/c1-39-40(15-10-12-23-64(2,3)29-42(82)19-25-70-46(84)21-27-72-60(90)54(88)66(6,7)33-108-120(102,103)114-118(98,99)106-31-44-52(112-116(92,93)94)50(86)62(110-44)80-37-78-48-56(68)74-35-76-58(48)80)17-14-18-41(39)16-11-13-24-65(4,5)30-43(83)20-26-71-47(85)22-28-73-61(91)55(89)67(8,9)34-109-121(104,105)115-119(100,101)107-32-45-53(113-117(95,96)97)51(87)63(111-45)81-38-79-49-57(69)75-36-77-59(49)81/h14,17-18,35-38,44-45,50-55,62-63,86-89H,10-13,15-16,19-34H2,1-9H3,(H,70,84)(H,71,85)(H,72,90)(H,73,91)(H,98,99)(H,100,101)(H,102,103)(H,104,105)(H2,68,74,76)(H2,69,75,77)(H2,92,93,94)(H2,95,96,97)/p-8. The molecule has 4 amide bonds. The zero-order valence-corrected chi connectivity index (χ0v) is 72.7. The summed E-state index contributed by atoms with van der Waals surface area (Å²) in [5.74, 6) is -3.57. The van der Waals surface area contributed by atoms with Crippen LogP contribution >= 0.6 is 46.9 Å². The van der Waals surface area contributed by atoms with Crippen molar-refractivity contribution in [1.29, 1.82) is 0 Å². The number of rotatable bonds is 52. The molecule has 0 radical (unpaired) electrons. The molecular weight excluding hydrogens is 1730 g/mol. The van der Waals surface area contributed by atoms with Gasteiger partial charge in [-0.2, -0.15) is 0 Å². The number of phosphoric acid groups is 6. The van der Waals surface area contributed by atoms with E-state index in [-0.39, 0.29) is 121 Å². The molecule has 14 atom stereocenters. The van der Waals surface area contributed by atoms with Gasteiger partial charge in [-0.3, -0.25) is 56.2 Å². The lowest BCUT2D eigenvalue weighted by Gasteiger charge is -2.36. The largest absolute Gasteiger partial charge is 0.790 e. The minimum Gasteiger partial charge on any atom is -0.790 e. The van der Waals surface area contributed by atoms with E-state index in [2.05, 4.69) is 106 Å². The minimum absolute atomic E-state index is 0.00971. The Morgan fingerprint density at radius 3 is 1.21 bits per heavy atom. The van der Waals surface area contributed by atoms with Crippen molar-refractivity contribution in [3.05, 3.63) is 60.2 Å². The topological polar surface area (TPSA) is 750 Å². The second-order valence-electron chi connectivity index (χ2n) is 31.8. The van der Waals surface area contributed by atoms with Gasteiger partial charge in [-0.15, -0.1) is 0 Å². The first-order valence-electron chi connectivity index (χ1n) is 37.7. The van der Waals surface area contributed by atoms with Crippen LogP contribution in [0.25, 0.3) is 22.3 Å². The molecule has 2 aliphatic rings. The van der Waals surface area contributed by atoms with Crippen molar-refractivity contribution in [3.8, 4) is 0 Å². The summed E-state index contributed by atoms with van der Waals surface area (Å²) in [5.41, 5.74) is 10.9. The number of aromatic nitrogens is 8. The maximum atomic E-state index is 13.1. The first-order chi connectivity index (χ1) is 56.0. The fourth-order valence-electron chi connectivity index (χ4n) is 13.1. The van der Waals surface area contributed by atoms with Crippen LogP contribution in [0.1, 0.15) is 162 Å². The van der Waals surface area contributed by atoms with Gasteiger partial charge in [0, 0.05) is 75.5 Å². The van der Waals surface area contributed by atoms with Crippen molar-refractivity contribution in [1.82, 2.24) is 60.3 Å². The molecule has 2 aliphatic heterocycles. The number of aliphatic hydroxyl groups excluding tert-OH is 4. The van der Waals surface area contributed by atoms with Crippen LogP contribution in [0.4, 0.5) is 11.6 Å². The van der Waals surface area contributed by atoms with Crippen LogP contribution in [0, 0.1) is 28.6 Å². The van der Waals surface area contributed by atoms with E-state index in [9.17, 15) is 116 Å². The summed E-state index contributed by atoms with van der Waals surface area (Å²) in [4.78, 5) is 198. The summed E-state index contributed by atoms with van der Waals surface area (Å²) in [5, 5.41) is 53.3. The molecule has 0 spiro atoms. The molecule has 5 aromatic rings. The Morgan fingerprint density at radius 2 is 0.860 bits per heavy atom. The normalized spacial score (nSPS) is 21.4. The summed E-state index contributed by atoms with van der Waals surface area (Å²) in [7, 11) is -35.6. The van der Waals surface area contributed by atoms with Gasteiger partial charge >= 0.3 is 0 Å². The molecule has 4 aromatic heterocycles. The number of ether oxygens (including phenoxy) is 2. The summed E-state index contributed by atoms with van der Waals surface area (Å²) >= 11 is 0. The lowest BCUT2D eigenvalue weighted by Crippen LogP contribution is -2.46. The molecule has 121 heavy (non-hydrogen) atoms. The molecule has 54 heteroatoms. The fourth-order valence-corrected chi connectivity index (χ4v) is 18.5. The number of nitrogen functional groups attached to an aromatic ring is 2. The second kappa shape index (κ2) is 42.8. The first kappa shape index (κ1) is 102. The molecule has 12 N–H and O–H groups in total. The SMILES string of the molecule is Cc1c(CCCCC(C)(C)CC(=O)CCNC(=O)CCNC(=O)C(O)C(C)(C)COP(=O)([O-])OP(=O)([O-])OCC2OC(n3cnc4c(N)ncnc43)C(O)C2OP(=O)([O-])[O-])cccc1CCCCC(C)(C)CC(=O)CCNC(=O)CCNC(=O)C(O)C(C)(C)COP(=O)([O-])OP(=O)([O-])OCC1OC(n2cnc3c(N)ncnc32)C(O)C1OP(=O)([O-])[O-]. The van der Waals surface area contributed by atoms with Crippen LogP contribution in [0.5, 0.6) is 0 Å². The predicted molar refractivity (Wildman–Crippen MR) is 404 cm³/mol. The number of benzene rings is 1. The quantitative estimate of drug-likeness (QED) is 0.0148.